The highest BCUT2D eigenvalue weighted by molar-refractivity contribution is 8.00. The van der Waals surface area contributed by atoms with Gasteiger partial charge in [-0.3, -0.25) is 9.89 Å². The van der Waals surface area contributed by atoms with Crippen LogP contribution in [0.1, 0.15) is 33.2 Å². The highest BCUT2D eigenvalue weighted by Gasteiger charge is 2.19. The van der Waals surface area contributed by atoms with E-state index in [4.69, 9.17) is 4.74 Å². The van der Waals surface area contributed by atoms with Gasteiger partial charge in [-0.15, -0.1) is 5.10 Å². The molecule has 1 amide bonds. The summed E-state index contributed by atoms with van der Waals surface area (Å²) in [6.07, 6.45) is 2.62. The number of rotatable bonds is 8. The van der Waals surface area contributed by atoms with E-state index in [2.05, 4.69) is 39.4 Å². The minimum Gasteiger partial charge on any atom is -0.497 e. The molecule has 0 aliphatic rings. The molecule has 9 heteroatoms. The van der Waals surface area contributed by atoms with E-state index < -0.39 is 0 Å². The van der Waals surface area contributed by atoms with Crippen LogP contribution in [0.4, 0.5) is 5.82 Å². The molecule has 0 aliphatic carbocycles. The Morgan fingerprint density at radius 1 is 1.29 bits per heavy atom. The van der Waals surface area contributed by atoms with Gasteiger partial charge in [0.15, 0.2) is 5.82 Å². The minimum atomic E-state index is -0.361. The van der Waals surface area contributed by atoms with Gasteiger partial charge < -0.3 is 10.1 Å². The summed E-state index contributed by atoms with van der Waals surface area (Å²) in [5.74, 6) is 2.00. The maximum absolute atomic E-state index is 12.6. The van der Waals surface area contributed by atoms with Gasteiger partial charge in [-0.2, -0.15) is 5.10 Å². The van der Waals surface area contributed by atoms with Crippen molar-refractivity contribution in [3.8, 4) is 17.1 Å². The van der Waals surface area contributed by atoms with Crippen molar-refractivity contribution < 1.29 is 9.53 Å². The molecule has 0 radical (unpaired) electrons. The van der Waals surface area contributed by atoms with Crippen LogP contribution in [0.3, 0.4) is 0 Å². The number of aromatic amines is 1. The van der Waals surface area contributed by atoms with Crippen LogP contribution >= 0.6 is 11.8 Å². The maximum atomic E-state index is 12.6. The van der Waals surface area contributed by atoms with Gasteiger partial charge in [0.2, 0.25) is 11.1 Å². The first-order chi connectivity index (χ1) is 13.5. The van der Waals surface area contributed by atoms with Crippen molar-refractivity contribution in [1.82, 2.24) is 25.0 Å². The Balaban J connectivity index is 1.63. The molecule has 2 atom stereocenters. The summed E-state index contributed by atoms with van der Waals surface area (Å²) >= 11 is 1.30. The third kappa shape index (κ3) is 4.53. The molecule has 0 bridgehead atoms. The van der Waals surface area contributed by atoms with Gasteiger partial charge >= 0.3 is 0 Å². The second kappa shape index (κ2) is 8.92. The van der Waals surface area contributed by atoms with Crippen molar-refractivity contribution in [1.29, 1.82) is 0 Å². The van der Waals surface area contributed by atoms with Crippen LogP contribution in [0, 0.1) is 0 Å². The molecule has 28 heavy (non-hydrogen) atoms. The quantitative estimate of drug-likeness (QED) is 0.559. The maximum Gasteiger partial charge on any atom is 0.238 e. The number of nitrogens with zero attached hydrogens (tertiary/aromatic N) is 4. The zero-order valence-electron chi connectivity index (χ0n) is 16.3. The Hall–Kier alpha value is -2.81. The van der Waals surface area contributed by atoms with Gasteiger partial charge in [-0.25, -0.2) is 9.67 Å². The SMILES string of the molecule is CC[C@H](C)n1nccc1NC(=O)[C@H](C)Sc1n[nH]c(-c2ccc(OC)cc2)n1. The number of benzene rings is 1. The molecule has 0 spiro atoms. The fourth-order valence-electron chi connectivity index (χ4n) is 2.55. The van der Waals surface area contributed by atoms with Gasteiger partial charge in [0.1, 0.15) is 11.6 Å². The van der Waals surface area contributed by atoms with Crippen molar-refractivity contribution >= 4 is 23.5 Å². The van der Waals surface area contributed by atoms with Gasteiger partial charge in [0, 0.05) is 11.6 Å². The Labute approximate surface area is 168 Å². The van der Waals surface area contributed by atoms with Crippen LogP contribution in [0.25, 0.3) is 11.4 Å². The molecule has 2 heterocycles. The smallest absolute Gasteiger partial charge is 0.238 e. The molecule has 8 nitrogen and oxygen atoms in total. The lowest BCUT2D eigenvalue weighted by molar-refractivity contribution is -0.115. The molecule has 2 N–H and O–H groups in total. The monoisotopic (exact) mass is 400 g/mol. The summed E-state index contributed by atoms with van der Waals surface area (Å²) in [5.41, 5.74) is 0.898. The van der Waals surface area contributed by atoms with Crippen molar-refractivity contribution in [2.24, 2.45) is 0 Å². The lowest BCUT2D eigenvalue weighted by atomic mass is 10.2. The Bertz CT molecular complexity index is 921. The second-order valence-corrected chi connectivity index (χ2v) is 7.67. The third-order valence-electron chi connectivity index (χ3n) is 4.41. The second-order valence-electron chi connectivity index (χ2n) is 6.36. The van der Waals surface area contributed by atoms with E-state index in [0.29, 0.717) is 16.8 Å². The zero-order chi connectivity index (χ0) is 20.1. The van der Waals surface area contributed by atoms with Gasteiger partial charge in [0.25, 0.3) is 0 Å². The Morgan fingerprint density at radius 3 is 2.71 bits per heavy atom. The molecule has 2 aromatic heterocycles. The summed E-state index contributed by atoms with van der Waals surface area (Å²) in [5, 5.41) is 14.5. The summed E-state index contributed by atoms with van der Waals surface area (Å²) in [6.45, 7) is 5.97. The summed E-state index contributed by atoms with van der Waals surface area (Å²) in [4.78, 5) is 17.0. The molecule has 3 aromatic rings. The van der Waals surface area contributed by atoms with Crippen LogP contribution in [0.2, 0.25) is 0 Å². The Kier molecular flexibility index (Phi) is 6.35. The van der Waals surface area contributed by atoms with E-state index in [9.17, 15) is 4.79 Å². The molecule has 0 aliphatic heterocycles. The highest BCUT2D eigenvalue weighted by atomic mass is 32.2. The van der Waals surface area contributed by atoms with Crippen molar-refractivity contribution in [3.05, 3.63) is 36.5 Å². The Morgan fingerprint density at radius 2 is 2.04 bits per heavy atom. The average Bonchev–Trinajstić information content (AvgIpc) is 3.37. The molecule has 1 aromatic carbocycles. The van der Waals surface area contributed by atoms with Gasteiger partial charge in [0.05, 0.1) is 24.6 Å². The van der Waals surface area contributed by atoms with E-state index in [0.717, 1.165) is 17.7 Å². The molecular formula is C19H24N6O2S. The lowest BCUT2D eigenvalue weighted by Gasteiger charge is -2.15. The van der Waals surface area contributed by atoms with Gasteiger partial charge in [-0.1, -0.05) is 18.7 Å². The van der Waals surface area contributed by atoms with Crippen LogP contribution in [0.5, 0.6) is 5.75 Å². The van der Waals surface area contributed by atoms with E-state index in [1.165, 1.54) is 11.8 Å². The average molecular weight is 401 g/mol. The van der Waals surface area contributed by atoms with E-state index >= 15 is 0 Å². The van der Waals surface area contributed by atoms with Crippen LogP contribution < -0.4 is 10.1 Å². The topological polar surface area (TPSA) is 97.7 Å². The zero-order valence-corrected chi connectivity index (χ0v) is 17.2. The number of amides is 1. The molecule has 0 saturated heterocycles. The number of ether oxygens (including phenoxy) is 1. The van der Waals surface area contributed by atoms with Crippen LogP contribution in [0.15, 0.2) is 41.7 Å². The van der Waals surface area contributed by atoms with Crippen molar-refractivity contribution in [2.45, 2.75) is 43.6 Å². The van der Waals surface area contributed by atoms with E-state index in [-0.39, 0.29) is 17.2 Å². The summed E-state index contributed by atoms with van der Waals surface area (Å²) in [6, 6.07) is 9.55. The number of hydrogen-bond donors (Lipinski definition) is 2. The number of H-pyrrole nitrogens is 1. The third-order valence-corrected chi connectivity index (χ3v) is 5.37. The molecule has 3 rings (SSSR count). The number of nitrogens with one attached hydrogen (secondary N) is 2. The van der Waals surface area contributed by atoms with Crippen LogP contribution in [-0.2, 0) is 4.79 Å². The first kappa shape index (κ1) is 19.9. The van der Waals surface area contributed by atoms with E-state index in [1.54, 1.807) is 19.4 Å². The molecular weight excluding hydrogens is 376 g/mol. The fourth-order valence-corrected chi connectivity index (χ4v) is 3.28. The molecule has 0 fully saturated rings. The number of carbonyl (C=O) groups excluding carboxylic acids is 1. The number of thioether (sulfide) groups is 1. The number of carbonyl (C=O) groups is 1. The minimum absolute atomic E-state index is 0.120. The molecule has 0 unspecified atom stereocenters. The van der Waals surface area contributed by atoms with Crippen molar-refractivity contribution in [3.63, 3.8) is 0 Å². The van der Waals surface area contributed by atoms with Crippen molar-refractivity contribution in [2.75, 3.05) is 12.4 Å². The normalized spacial score (nSPS) is 13.1. The number of hydrogen-bond acceptors (Lipinski definition) is 6. The lowest BCUT2D eigenvalue weighted by Crippen LogP contribution is -2.24. The van der Waals surface area contributed by atoms with Crippen LogP contribution in [-0.4, -0.2) is 43.2 Å². The number of anilines is 1. The first-order valence-electron chi connectivity index (χ1n) is 9.09. The number of methoxy groups -OCH3 is 1. The predicted molar refractivity (Wildman–Crippen MR) is 110 cm³/mol. The predicted octanol–water partition coefficient (Wildman–Crippen LogP) is 3.77. The summed E-state index contributed by atoms with van der Waals surface area (Å²) < 4.78 is 6.98. The van der Waals surface area contributed by atoms with Gasteiger partial charge in [-0.05, 0) is 44.5 Å². The van der Waals surface area contributed by atoms with E-state index in [1.807, 2.05) is 35.9 Å². The first-order valence-corrected chi connectivity index (χ1v) is 9.97. The largest absolute Gasteiger partial charge is 0.497 e. The standard InChI is InChI=1S/C19H24N6O2S/c1-5-12(2)25-16(10-11-20-25)21-18(26)13(3)28-19-22-17(23-24-19)14-6-8-15(27-4)9-7-14/h6-13H,5H2,1-4H3,(H,21,26)(H,22,23,24)/t12-,13-/m0/s1. The molecule has 148 valence electrons. The number of aromatic nitrogens is 5. The summed E-state index contributed by atoms with van der Waals surface area (Å²) in [7, 11) is 1.63. The fraction of sp³-hybridized carbons (Fsp3) is 0.368. The highest BCUT2D eigenvalue weighted by Crippen LogP contribution is 2.25. The molecule has 0 saturated carbocycles.